The minimum Gasteiger partial charge on any atom is -0.354 e. The first-order chi connectivity index (χ1) is 21.2. The van der Waals surface area contributed by atoms with Gasteiger partial charge in [-0.25, -0.2) is 8.42 Å². The minimum atomic E-state index is -4.11. The monoisotopic (exact) mass is 611 g/mol. The molecule has 0 aliphatic heterocycles. The van der Waals surface area contributed by atoms with Crippen molar-refractivity contribution in [3.63, 3.8) is 0 Å². The van der Waals surface area contributed by atoms with Crippen LogP contribution in [0.25, 0.3) is 0 Å². The Hall–Kier alpha value is -4.43. The Morgan fingerprint density at radius 3 is 1.93 bits per heavy atom. The molecule has 0 aliphatic rings. The molecule has 2 amide bonds. The Bertz CT molecular complexity index is 1610. The van der Waals surface area contributed by atoms with E-state index in [-0.39, 0.29) is 23.8 Å². The van der Waals surface area contributed by atoms with Crippen molar-refractivity contribution >= 4 is 27.5 Å². The van der Waals surface area contributed by atoms with Crippen LogP contribution in [0.5, 0.6) is 0 Å². The van der Waals surface area contributed by atoms with Crippen LogP contribution in [0.4, 0.5) is 5.69 Å². The van der Waals surface area contributed by atoms with Gasteiger partial charge in [-0.3, -0.25) is 13.9 Å². The van der Waals surface area contributed by atoms with Gasteiger partial charge in [-0.05, 0) is 60.7 Å². The van der Waals surface area contributed by atoms with Crippen molar-refractivity contribution in [2.75, 3.05) is 17.4 Å². The number of nitrogens with one attached hydrogen (secondary N) is 1. The number of nitrogens with zero attached hydrogens (tertiary/aromatic N) is 2. The standard InChI is InChI=1S/C36H41N3O4S/c1-4-24-37-36(41)34(25-30-12-8-6-9-13-30)38(26-31-18-16-28(3)17-19-31)35(40)27-39(32-22-20-29(5-2)21-23-32)44(42,43)33-14-10-7-11-15-33/h6-23,34H,4-5,24-27H2,1-3H3,(H,37,41)/t34-/m1/s1. The summed E-state index contributed by atoms with van der Waals surface area (Å²) in [5.74, 6) is -0.752. The third-order valence-electron chi connectivity index (χ3n) is 7.54. The zero-order valence-corrected chi connectivity index (χ0v) is 26.5. The molecule has 1 atom stereocenters. The van der Waals surface area contributed by atoms with Gasteiger partial charge >= 0.3 is 0 Å². The summed E-state index contributed by atoms with van der Waals surface area (Å²) in [6.45, 7) is 6.12. The van der Waals surface area contributed by atoms with E-state index in [0.717, 1.165) is 39.4 Å². The third kappa shape index (κ3) is 8.35. The molecule has 4 rings (SSSR count). The van der Waals surface area contributed by atoms with Crippen LogP contribution in [0.2, 0.25) is 0 Å². The fourth-order valence-corrected chi connectivity index (χ4v) is 6.39. The fourth-order valence-electron chi connectivity index (χ4n) is 4.96. The van der Waals surface area contributed by atoms with Crippen LogP contribution in [-0.4, -0.2) is 44.3 Å². The number of benzene rings is 4. The molecule has 4 aromatic rings. The first-order valence-corrected chi connectivity index (χ1v) is 16.5. The number of hydrogen-bond donors (Lipinski definition) is 1. The molecule has 230 valence electrons. The number of aryl methyl sites for hydroxylation is 2. The van der Waals surface area contributed by atoms with Crippen molar-refractivity contribution in [3.8, 4) is 0 Å². The van der Waals surface area contributed by atoms with Crippen molar-refractivity contribution < 1.29 is 18.0 Å². The highest BCUT2D eigenvalue weighted by atomic mass is 32.2. The lowest BCUT2D eigenvalue weighted by molar-refractivity contribution is -0.140. The second-order valence-corrected chi connectivity index (χ2v) is 12.7. The maximum Gasteiger partial charge on any atom is 0.264 e. The average molecular weight is 612 g/mol. The summed E-state index contributed by atoms with van der Waals surface area (Å²) in [5.41, 5.74) is 4.24. The summed E-state index contributed by atoms with van der Waals surface area (Å²) < 4.78 is 29.3. The van der Waals surface area contributed by atoms with E-state index in [4.69, 9.17) is 0 Å². The largest absolute Gasteiger partial charge is 0.354 e. The van der Waals surface area contributed by atoms with Crippen LogP contribution >= 0.6 is 0 Å². The molecule has 1 N–H and O–H groups in total. The van der Waals surface area contributed by atoms with Crippen molar-refractivity contribution in [1.82, 2.24) is 10.2 Å². The predicted molar refractivity (Wildman–Crippen MR) is 176 cm³/mol. The second kappa shape index (κ2) is 15.3. The molecule has 0 aromatic heterocycles. The van der Waals surface area contributed by atoms with Gasteiger partial charge in [-0.2, -0.15) is 0 Å². The Morgan fingerprint density at radius 2 is 1.34 bits per heavy atom. The number of carbonyl (C=O) groups excluding carboxylic acids is 2. The summed E-state index contributed by atoms with van der Waals surface area (Å²) in [6.07, 6.45) is 1.82. The molecule has 0 aliphatic carbocycles. The molecular formula is C36H41N3O4S. The Morgan fingerprint density at radius 1 is 0.750 bits per heavy atom. The van der Waals surface area contributed by atoms with Gasteiger partial charge in [-0.1, -0.05) is 104 Å². The summed E-state index contributed by atoms with van der Waals surface area (Å²) in [7, 11) is -4.11. The summed E-state index contributed by atoms with van der Waals surface area (Å²) in [5, 5.41) is 2.97. The Balaban J connectivity index is 1.78. The van der Waals surface area contributed by atoms with Crippen LogP contribution in [0, 0.1) is 6.92 Å². The number of amides is 2. The quantitative estimate of drug-likeness (QED) is 0.192. The van der Waals surface area contributed by atoms with Gasteiger partial charge in [0.25, 0.3) is 10.0 Å². The topological polar surface area (TPSA) is 86.8 Å². The molecule has 44 heavy (non-hydrogen) atoms. The van der Waals surface area contributed by atoms with Crippen LogP contribution in [-0.2, 0) is 39.0 Å². The molecule has 0 spiro atoms. The molecule has 0 bridgehead atoms. The maximum absolute atomic E-state index is 14.4. The summed E-state index contributed by atoms with van der Waals surface area (Å²) in [4.78, 5) is 29.8. The molecule has 8 heteroatoms. The number of rotatable bonds is 14. The van der Waals surface area contributed by atoms with E-state index in [1.54, 1.807) is 30.3 Å². The minimum absolute atomic E-state index is 0.0824. The molecule has 0 unspecified atom stereocenters. The lowest BCUT2D eigenvalue weighted by atomic mass is 10.0. The van der Waals surface area contributed by atoms with Crippen molar-refractivity contribution in [2.45, 2.75) is 57.5 Å². The van der Waals surface area contributed by atoms with Gasteiger partial charge in [0.15, 0.2) is 0 Å². The number of carbonyl (C=O) groups is 2. The lowest BCUT2D eigenvalue weighted by Gasteiger charge is -2.34. The molecule has 0 radical (unpaired) electrons. The smallest absolute Gasteiger partial charge is 0.264 e. The zero-order chi connectivity index (χ0) is 31.5. The van der Waals surface area contributed by atoms with Gasteiger partial charge in [0.1, 0.15) is 12.6 Å². The number of hydrogen-bond acceptors (Lipinski definition) is 4. The van der Waals surface area contributed by atoms with Gasteiger partial charge in [0.2, 0.25) is 11.8 Å². The molecule has 4 aromatic carbocycles. The summed E-state index contributed by atoms with van der Waals surface area (Å²) in [6, 6.07) is 31.8. The van der Waals surface area contributed by atoms with E-state index < -0.39 is 28.5 Å². The van der Waals surface area contributed by atoms with Crippen molar-refractivity contribution in [1.29, 1.82) is 0 Å². The number of sulfonamides is 1. The van der Waals surface area contributed by atoms with Crippen molar-refractivity contribution in [2.24, 2.45) is 0 Å². The van der Waals surface area contributed by atoms with E-state index in [9.17, 15) is 18.0 Å². The van der Waals surface area contributed by atoms with Gasteiger partial charge < -0.3 is 10.2 Å². The average Bonchev–Trinajstić information content (AvgIpc) is 3.05. The highest BCUT2D eigenvalue weighted by Crippen LogP contribution is 2.25. The first kappa shape index (κ1) is 32.5. The van der Waals surface area contributed by atoms with Crippen LogP contribution in [0.15, 0.2) is 114 Å². The van der Waals surface area contributed by atoms with E-state index in [1.807, 2.05) is 87.5 Å². The van der Waals surface area contributed by atoms with E-state index >= 15 is 0 Å². The molecule has 7 nitrogen and oxygen atoms in total. The van der Waals surface area contributed by atoms with Crippen LogP contribution in [0.3, 0.4) is 0 Å². The molecule has 0 saturated carbocycles. The summed E-state index contributed by atoms with van der Waals surface area (Å²) >= 11 is 0. The van der Waals surface area contributed by atoms with Crippen molar-refractivity contribution in [3.05, 3.63) is 131 Å². The van der Waals surface area contributed by atoms with Gasteiger partial charge in [0, 0.05) is 19.5 Å². The fraction of sp³-hybridized carbons (Fsp3) is 0.278. The molecular weight excluding hydrogens is 570 g/mol. The molecule has 0 saturated heterocycles. The second-order valence-electron chi connectivity index (χ2n) is 10.8. The van der Waals surface area contributed by atoms with Crippen LogP contribution < -0.4 is 9.62 Å². The van der Waals surface area contributed by atoms with Crippen LogP contribution in [0.1, 0.15) is 42.5 Å². The van der Waals surface area contributed by atoms with Gasteiger partial charge in [0.05, 0.1) is 10.6 Å². The Kier molecular flexibility index (Phi) is 11.3. The molecule has 0 heterocycles. The zero-order valence-electron chi connectivity index (χ0n) is 25.6. The van der Waals surface area contributed by atoms with E-state index in [1.165, 1.54) is 17.0 Å². The normalized spacial score (nSPS) is 11.9. The predicted octanol–water partition coefficient (Wildman–Crippen LogP) is 5.92. The lowest BCUT2D eigenvalue weighted by Crippen LogP contribution is -2.53. The first-order valence-electron chi connectivity index (χ1n) is 15.1. The highest BCUT2D eigenvalue weighted by Gasteiger charge is 2.34. The third-order valence-corrected chi connectivity index (χ3v) is 9.32. The molecule has 0 fully saturated rings. The number of anilines is 1. The maximum atomic E-state index is 14.4. The highest BCUT2D eigenvalue weighted by molar-refractivity contribution is 7.92. The Labute approximate surface area is 261 Å². The van der Waals surface area contributed by atoms with E-state index in [0.29, 0.717) is 12.2 Å². The SMILES string of the molecule is CCCNC(=O)[C@@H](Cc1ccccc1)N(Cc1ccc(C)cc1)C(=O)CN(c1ccc(CC)cc1)S(=O)(=O)c1ccccc1. The van der Waals surface area contributed by atoms with E-state index in [2.05, 4.69) is 5.32 Å². The van der Waals surface area contributed by atoms with Gasteiger partial charge in [-0.15, -0.1) is 0 Å².